The number of ether oxygens (including phenoxy) is 1. The van der Waals surface area contributed by atoms with Crippen LogP contribution in [0.3, 0.4) is 0 Å². The quantitative estimate of drug-likeness (QED) is 0.312. The number of alkyl halides is 3. The van der Waals surface area contributed by atoms with Crippen LogP contribution in [0, 0.1) is 18.3 Å². The summed E-state index contributed by atoms with van der Waals surface area (Å²) in [5.41, 5.74) is 0.220. The van der Waals surface area contributed by atoms with Crippen molar-refractivity contribution in [3.05, 3.63) is 87.2 Å². The minimum absolute atomic E-state index is 0.0884. The summed E-state index contributed by atoms with van der Waals surface area (Å²) in [5.74, 6) is 0.432. The second-order valence-electron chi connectivity index (χ2n) is 7.71. The average Bonchev–Trinajstić information content (AvgIpc) is 3.23. The van der Waals surface area contributed by atoms with E-state index in [-0.39, 0.29) is 23.8 Å². The lowest BCUT2D eigenvalue weighted by Crippen LogP contribution is -2.14. The number of allylic oxidation sites excluding steroid dienone is 2. The Hall–Kier alpha value is -3.48. The monoisotopic (exact) mass is 522 g/mol. The number of nitrogens with zero attached hydrogens (tertiary/aromatic N) is 4. The molecule has 0 saturated carbocycles. The molecule has 11 heteroatoms. The van der Waals surface area contributed by atoms with Gasteiger partial charge in [-0.05, 0) is 42.3 Å². The highest BCUT2D eigenvalue weighted by atomic mass is 35.5. The molecule has 0 spiro atoms. The van der Waals surface area contributed by atoms with Gasteiger partial charge in [0.05, 0.1) is 34.2 Å². The standard InChI is InChI=1S/C24H19Cl2F3N4O2/c1-13-16(5-6-20(26)22(13)34-18-8-15(11-30)7-17(25)10-18)9-21-31-32-23(35-21)19(12-33(3)4)14(2)24(27,28)29/h5-8,10,12H,2,9H2,1,3-4H3/b19-12+. The molecule has 3 aromatic rings. The Morgan fingerprint density at radius 2 is 1.94 bits per heavy atom. The van der Waals surface area contributed by atoms with Crippen molar-refractivity contribution in [2.75, 3.05) is 14.1 Å². The van der Waals surface area contributed by atoms with E-state index < -0.39 is 11.7 Å². The SMILES string of the molecule is C=C(/C(=C\N(C)C)c1nnc(Cc2ccc(Cl)c(Oc3cc(Cl)cc(C#N)c3)c2C)o1)C(F)(F)F. The van der Waals surface area contributed by atoms with Crippen LogP contribution in [0.5, 0.6) is 11.5 Å². The third-order valence-electron chi connectivity index (χ3n) is 4.78. The predicted octanol–water partition coefficient (Wildman–Crippen LogP) is 6.96. The highest BCUT2D eigenvalue weighted by Crippen LogP contribution is 2.37. The van der Waals surface area contributed by atoms with Gasteiger partial charge >= 0.3 is 6.18 Å². The molecule has 0 unspecified atom stereocenters. The first-order chi connectivity index (χ1) is 16.4. The van der Waals surface area contributed by atoms with E-state index in [0.717, 1.165) is 0 Å². The second kappa shape index (κ2) is 10.4. The first-order valence-corrected chi connectivity index (χ1v) is 10.8. The Labute approximate surface area is 209 Å². The average molecular weight is 523 g/mol. The fourth-order valence-electron chi connectivity index (χ4n) is 3.09. The summed E-state index contributed by atoms with van der Waals surface area (Å²) in [7, 11) is 3.14. The second-order valence-corrected chi connectivity index (χ2v) is 8.55. The van der Waals surface area contributed by atoms with E-state index in [9.17, 15) is 13.2 Å². The van der Waals surface area contributed by atoms with Crippen LogP contribution >= 0.6 is 23.2 Å². The van der Waals surface area contributed by atoms with Crippen molar-refractivity contribution in [3.8, 4) is 17.6 Å². The zero-order valence-corrected chi connectivity index (χ0v) is 20.4. The van der Waals surface area contributed by atoms with Crippen LogP contribution in [0.1, 0.15) is 28.5 Å². The normalized spacial score (nSPS) is 11.8. The molecule has 0 aliphatic heterocycles. The molecular formula is C24H19Cl2F3N4O2. The van der Waals surface area contributed by atoms with Crippen LogP contribution < -0.4 is 4.74 Å². The lowest BCUT2D eigenvalue weighted by atomic mass is 10.0. The summed E-state index contributed by atoms with van der Waals surface area (Å²) >= 11 is 12.4. The van der Waals surface area contributed by atoms with Crippen molar-refractivity contribution in [2.24, 2.45) is 0 Å². The number of rotatable bonds is 7. The lowest BCUT2D eigenvalue weighted by molar-refractivity contribution is -0.0869. The molecule has 182 valence electrons. The van der Waals surface area contributed by atoms with Gasteiger partial charge in [0, 0.05) is 25.3 Å². The highest BCUT2D eigenvalue weighted by Gasteiger charge is 2.36. The van der Waals surface area contributed by atoms with Gasteiger partial charge in [0.2, 0.25) is 11.8 Å². The lowest BCUT2D eigenvalue weighted by Gasteiger charge is -2.14. The number of aromatic nitrogens is 2. The topological polar surface area (TPSA) is 75.2 Å². The molecule has 0 aliphatic carbocycles. The van der Waals surface area contributed by atoms with Crippen LogP contribution in [0.4, 0.5) is 13.2 Å². The van der Waals surface area contributed by atoms with E-state index in [2.05, 4.69) is 16.8 Å². The Kier molecular flexibility index (Phi) is 7.78. The van der Waals surface area contributed by atoms with E-state index in [1.807, 2.05) is 6.07 Å². The molecule has 0 N–H and O–H groups in total. The molecule has 0 bridgehead atoms. The van der Waals surface area contributed by atoms with Gasteiger partial charge in [-0.15, -0.1) is 10.2 Å². The van der Waals surface area contributed by atoms with Crippen molar-refractivity contribution < 1.29 is 22.3 Å². The molecule has 0 saturated heterocycles. The third-order valence-corrected chi connectivity index (χ3v) is 5.30. The predicted molar refractivity (Wildman–Crippen MR) is 126 cm³/mol. The highest BCUT2D eigenvalue weighted by molar-refractivity contribution is 6.32. The van der Waals surface area contributed by atoms with Crippen LogP contribution in [0.2, 0.25) is 10.0 Å². The minimum atomic E-state index is -4.67. The molecule has 1 aromatic heterocycles. The molecule has 35 heavy (non-hydrogen) atoms. The van der Waals surface area contributed by atoms with Gasteiger partial charge in [0.1, 0.15) is 11.5 Å². The van der Waals surface area contributed by atoms with Crippen molar-refractivity contribution in [2.45, 2.75) is 19.5 Å². The van der Waals surface area contributed by atoms with Gasteiger partial charge in [0.15, 0.2) is 0 Å². The van der Waals surface area contributed by atoms with Gasteiger partial charge in [-0.3, -0.25) is 0 Å². The van der Waals surface area contributed by atoms with E-state index in [4.69, 9.17) is 37.6 Å². The maximum absolute atomic E-state index is 13.3. The van der Waals surface area contributed by atoms with Crippen molar-refractivity contribution in [1.29, 1.82) is 5.26 Å². The summed E-state index contributed by atoms with van der Waals surface area (Å²) in [6, 6.07) is 9.89. The summed E-state index contributed by atoms with van der Waals surface area (Å²) in [5, 5.41) is 17.5. The Morgan fingerprint density at radius 3 is 2.57 bits per heavy atom. The maximum atomic E-state index is 13.3. The van der Waals surface area contributed by atoms with Gasteiger partial charge < -0.3 is 14.1 Å². The van der Waals surface area contributed by atoms with Gasteiger partial charge in [-0.1, -0.05) is 35.8 Å². The number of hydrogen-bond donors (Lipinski definition) is 0. The minimum Gasteiger partial charge on any atom is -0.455 e. The smallest absolute Gasteiger partial charge is 0.416 e. The van der Waals surface area contributed by atoms with E-state index in [1.54, 1.807) is 39.2 Å². The van der Waals surface area contributed by atoms with E-state index in [1.165, 1.54) is 23.2 Å². The van der Waals surface area contributed by atoms with Crippen LogP contribution in [0.25, 0.3) is 5.57 Å². The van der Waals surface area contributed by atoms with Gasteiger partial charge in [0.25, 0.3) is 0 Å². The molecule has 0 amide bonds. The molecule has 3 rings (SSSR count). The first kappa shape index (κ1) is 26.1. The fourth-order valence-corrected chi connectivity index (χ4v) is 3.56. The molecule has 2 aromatic carbocycles. The Morgan fingerprint density at radius 1 is 1.23 bits per heavy atom. The summed E-state index contributed by atoms with van der Waals surface area (Å²) in [6.45, 7) is 4.89. The Balaban J connectivity index is 1.92. The van der Waals surface area contributed by atoms with Crippen LogP contribution in [0.15, 0.2) is 53.1 Å². The third kappa shape index (κ3) is 6.35. The van der Waals surface area contributed by atoms with E-state index >= 15 is 0 Å². The van der Waals surface area contributed by atoms with Crippen LogP contribution in [-0.2, 0) is 6.42 Å². The zero-order chi connectivity index (χ0) is 25.9. The van der Waals surface area contributed by atoms with E-state index in [0.29, 0.717) is 38.2 Å². The molecular weight excluding hydrogens is 504 g/mol. The fraction of sp³-hybridized carbons (Fsp3) is 0.208. The van der Waals surface area contributed by atoms with Crippen molar-refractivity contribution >= 4 is 28.8 Å². The molecule has 0 fully saturated rings. The largest absolute Gasteiger partial charge is 0.455 e. The molecule has 0 atom stereocenters. The molecule has 0 aliphatic rings. The van der Waals surface area contributed by atoms with Gasteiger partial charge in [-0.2, -0.15) is 18.4 Å². The van der Waals surface area contributed by atoms with Crippen LogP contribution in [-0.4, -0.2) is 35.4 Å². The number of benzene rings is 2. The van der Waals surface area contributed by atoms with Crippen molar-refractivity contribution in [1.82, 2.24) is 15.1 Å². The number of halogens is 5. The molecule has 0 radical (unpaired) electrons. The molecule has 1 heterocycles. The first-order valence-electron chi connectivity index (χ1n) is 10.0. The van der Waals surface area contributed by atoms with Crippen molar-refractivity contribution in [3.63, 3.8) is 0 Å². The summed E-state index contributed by atoms with van der Waals surface area (Å²) in [4.78, 5) is 1.43. The number of nitriles is 1. The van der Waals surface area contributed by atoms with Gasteiger partial charge in [-0.25, -0.2) is 0 Å². The summed E-state index contributed by atoms with van der Waals surface area (Å²) < 4.78 is 51.3. The summed E-state index contributed by atoms with van der Waals surface area (Å²) in [6.07, 6.45) is -3.34. The molecule has 6 nitrogen and oxygen atoms in total. The Bertz CT molecular complexity index is 1340. The number of hydrogen-bond acceptors (Lipinski definition) is 6. The zero-order valence-electron chi connectivity index (χ0n) is 18.9. The maximum Gasteiger partial charge on any atom is 0.416 e.